The van der Waals surface area contributed by atoms with Gasteiger partial charge in [-0.05, 0) is 12.8 Å². The molecule has 1 aromatic heterocycles. The lowest BCUT2D eigenvalue weighted by atomic mass is 9.96. The van der Waals surface area contributed by atoms with Crippen LogP contribution in [0.15, 0.2) is 4.52 Å². The van der Waals surface area contributed by atoms with E-state index in [1.165, 1.54) is 0 Å². The molecule has 1 aliphatic rings. The molecule has 2 amide bonds. The van der Waals surface area contributed by atoms with Crippen molar-refractivity contribution in [1.29, 1.82) is 0 Å². The smallest absolute Gasteiger partial charge is 0.241 e. The highest BCUT2D eigenvalue weighted by molar-refractivity contribution is 5.84. The summed E-state index contributed by atoms with van der Waals surface area (Å²) in [5.41, 5.74) is -0.174. The van der Waals surface area contributed by atoms with Crippen molar-refractivity contribution in [3.63, 3.8) is 0 Å². The summed E-state index contributed by atoms with van der Waals surface area (Å²) in [4.78, 5) is 29.6. The van der Waals surface area contributed by atoms with Crippen molar-refractivity contribution in [1.82, 2.24) is 20.4 Å². The van der Waals surface area contributed by atoms with E-state index in [0.29, 0.717) is 18.1 Å². The minimum Gasteiger partial charge on any atom is -0.347 e. The summed E-state index contributed by atoms with van der Waals surface area (Å²) < 4.78 is 5.13. The molecule has 7 heteroatoms. The van der Waals surface area contributed by atoms with Gasteiger partial charge in [-0.3, -0.25) is 9.59 Å². The summed E-state index contributed by atoms with van der Waals surface area (Å²) in [7, 11) is 0. The Morgan fingerprint density at radius 2 is 1.95 bits per heavy atom. The van der Waals surface area contributed by atoms with E-state index in [2.05, 4.69) is 15.5 Å². The second kappa shape index (κ2) is 6.89. The molecule has 0 aromatic carbocycles. The van der Waals surface area contributed by atoms with Crippen LogP contribution < -0.4 is 5.32 Å². The number of rotatable bonds is 5. The first-order valence-electron chi connectivity index (χ1n) is 7.74. The van der Waals surface area contributed by atoms with E-state index in [1.807, 2.05) is 20.8 Å². The first kappa shape index (κ1) is 16.5. The van der Waals surface area contributed by atoms with E-state index < -0.39 is 0 Å². The average Bonchev–Trinajstić information content (AvgIpc) is 3.12. The van der Waals surface area contributed by atoms with E-state index in [0.717, 1.165) is 25.9 Å². The minimum atomic E-state index is -0.178. The summed E-state index contributed by atoms with van der Waals surface area (Å²) in [6, 6.07) is 0. The van der Waals surface area contributed by atoms with Gasteiger partial charge in [0, 0.05) is 31.3 Å². The molecule has 0 spiro atoms. The average molecular weight is 308 g/mol. The van der Waals surface area contributed by atoms with Crippen LogP contribution in [0.4, 0.5) is 0 Å². The van der Waals surface area contributed by atoms with Crippen LogP contribution in [0.1, 0.15) is 51.7 Å². The number of hydrogen-bond donors (Lipinski definition) is 1. The number of aromatic nitrogens is 2. The second-order valence-electron chi connectivity index (χ2n) is 6.63. The minimum absolute atomic E-state index is 0.0151. The van der Waals surface area contributed by atoms with Gasteiger partial charge < -0.3 is 14.7 Å². The van der Waals surface area contributed by atoms with Crippen LogP contribution in [0.5, 0.6) is 0 Å². The number of carbonyl (C=O) groups is 2. The predicted octanol–water partition coefficient (Wildman–Crippen LogP) is 1.04. The normalized spacial score (nSPS) is 15.1. The molecule has 0 aliphatic carbocycles. The lowest BCUT2D eigenvalue weighted by molar-refractivity contribution is -0.132. The predicted molar refractivity (Wildman–Crippen MR) is 80.1 cm³/mol. The Balaban J connectivity index is 1.71. The van der Waals surface area contributed by atoms with Crippen molar-refractivity contribution in [2.75, 3.05) is 19.6 Å². The largest absolute Gasteiger partial charge is 0.347 e. The molecule has 1 fully saturated rings. The van der Waals surface area contributed by atoms with Crippen molar-refractivity contribution in [2.24, 2.45) is 0 Å². The Kier molecular flexibility index (Phi) is 5.15. The fourth-order valence-electron chi connectivity index (χ4n) is 2.22. The first-order valence-corrected chi connectivity index (χ1v) is 7.74. The van der Waals surface area contributed by atoms with Crippen LogP contribution in [-0.2, 0) is 21.4 Å². The molecule has 122 valence electrons. The Hall–Kier alpha value is -1.92. The van der Waals surface area contributed by atoms with Crippen LogP contribution in [0.25, 0.3) is 0 Å². The number of nitrogens with one attached hydrogen (secondary N) is 1. The zero-order chi connectivity index (χ0) is 16.2. The summed E-state index contributed by atoms with van der Waals surface area (Å²) in [5.74, 6) is 0.889. The number of likely N-dealkylation sites (tertiary alicyclic amines) is 1. The van der Waals surface area contributed by atoms with Crippen molar-refractivity contribution >= 4 is 11.8 Å². The number of hydrogen-bond acceptors (Lipinski definition) is 5. The zero-order valence-corrected chi connectivity index (χ0v) is 13.5. The molecule has 0 unspecified atom stereocenters. The van der Waals surface area contributed by atoms with Crippen molar-refractivity contribution in [3.8, 4) is 0 Å². The summed E-state index contributed by atoms with van der Waals surface area (Å²) in [6.45, 7) is 7.66. The van der Waals surface area contributed by atoms with Crippen LogP contribution in [0.2, 0.25) is 0 Å². The van der Waals surface area contributed by atoms with Gasteiger partial charge in [0.1, 0.15) is 0 Å². The number of aryl methyl sites for hydroxylation is 1. The summed E-state index contributed by atoms with van der Waals surface area (Å²) in [6.07, 6.45) is 2.71. The molecule has 0 radical (unpaired) electrons. The third-order valence-electron chi connectivity index (χ3n) is 3.60. The second-order valence-corrected chi connectivity index (χ2v) is 6.63. The van der Waals surface area contributed by atoms with E-state index in [1.54, 1.807) is 4.90 Å². The Labute approximate surface area is 130 Å². The van der Waals surface area contributed by atoms with E-state index in [4.69, 9.17) is 4.52 Å². The maximum absolute atomic E-state index is 11.8. The fraction of sp³-hybridized carbons (Fsp3) is 0.733. The lowest BCUT2D eigenvalue weighted by Gasteiger charge is -2.15. The topological polar surface area (TPSA) is 88.3 Å². The molecule has 2 heterocycles. The highest BCUT2D eigenvalue weighted by Crippen LogP contribution is 2.18. The van der Waals surface area contributed by atoms with Crippen LogP contribution in [0.3, 0.4) is 0 Å². The van der Waals surface area contributed by atoms with Gasteiger partial charge in [0.15, 0.2) is 5.82 Å². The molecule has 1 saturated heterocycles. The van der Waals surface area contributed by atoms with Gasteiger partial charge in [-0.15, -0.1) is 0 Å². The zero-order valence-electron chi connectivity index (χ0n) is 13.5. The quantitative estimate of drug-likeness (QED) is 0.878. The maximum Gasteiger partial charge on any atom is 0.241 e. The van der Waals surface area contributed by atoms with Gasteiger partial charge in [-0.2, -0.15) is 4.98 Å². The SMILES string of the molecule is CC(C)(C)c1noc(CCC(=O)NCC(=O)N2CCCC2)n1. The molecule has 1 aromatic rings. The van der Waals surface area contributed by atoms with Gasteiger partial charge >= 0.3 is 0 Å². The van der Waals surface area contributed by atoms with E-state index in [-0.39, 0.29) is 30.2 Å². The van der Waals surface area contributed by atoms with Gasteiger partial charge in [-0.25, -0.2) is 0 Å². The van der Waals surface area contributed by atoms with Crippen LogP contribution in [0, 0.1) is 0 Å². The molecular formula is C15H24N4O3. The number of carbonyl (C=O) groups excluding carboxylic acids is 2. The molecule has 0 bridgehead atoms. The first-order chi connectivity index (χ1) is 10.4. The van der Waals surface area contributed by atoms with E-state index >= 15 is 0 Å². The Bertz CT molecular complexity index is 527. The Morgan fingerprint density at radius 1 is 1.27 bits per heavy atom. The molecule has 1 aliphatic heterocycles. The number of amides is 2. The molecule has 2 rings (SSSR count). The van der Waals surface area contributed by atoms with E-state index in [9.17, 15) is 9.59 Å². The van der Waals surface area contributed by atoms with Gasteiger partial charge in [0.25, 0.3) is 0 Å². The van der Waals surface area contributed by atoms with Crippen LogP contribution in [-0.4, -0.2) is 46.5 Å². The van der Waals surface area contributed by atoms with Crippen molar-refractivity contribution in [3.05, 3.63) is 11.7 Å². The summed E-state index contributed by atoms with van der Waals surface area (Å²) in [5, 5.41) is 6.56. The van der Waals surface area contributed by atoms with Crippen molar-refractivity contribution in [2.45, 2.75) is 51.9 Å². The highest BCUT2D eigenvalue weighted by Gasteiger charge is 2.21. The van der Waals surface area contributed by atoms with Gasteiger partial charge in [-0.1, -0.05) is 25.9 Å². The fourth-order valence-corrected chi connectivity index (χ4v) is 2.22. The molecule has 22 heavy (non-hydrogen) atoms. The van der Waals surface area contributed by atoms with Crippen molar-refractivity contribution < 1.29 is 14.1 Å². The number of nitrogens with zero attached hydrogens (tertiary/aromatic N) is 3. The highest BCUT2D eigenvalue weighted by atomic mass is 16.5. The Morgan fingerprint density at radius 3 is 2.55 bits per heavy atom. The third kappa shape index (κ3) is 4.54. The molecule has 0 saturated carbocycles. The molecule has 0 atom stereocenters. The van der Waals surface area contributed by atoms with Gasteiger partial charge in [0.05, 0.1) is 6.54 Å². The van der Waals surface area contributed by atoms with Crippen LogP contribution >= 0.6 is 0 Å². The monoisotopic (exact) mass is 308 g/mol. The third-order valence-corrected chi connectivity index (χ3v) is 3.60. The standard InChI is InChI=1S/C15H24N4O3/c1-15(2,3)14-17-12(22-18-14)7-6-11(20)16-10-13(21)19-8-4-5-9-19/h4-10H2,1-3H3,(H,16,20). The van der Waals surface area contributed by atoms with Gasteiger partial charge in [0.2, 0.25) is 17.7 Å². The molecule has 1 N–H and O–H groups in total. The summed E-state index contributed by atoms with van der Waals surface area (Å²) >= 11 is 0. The maximum atomic E-state index is 11.8. The molecule has 7 nitrogen and oxygen atoms in total. The lowest BCUT2D eigenvalue weighted by Crippen LogP contribution is -2.38. The molecular weight excluding hydrogens is 284 g/mol.